The van der Waals surface area contributed by atoms with Gasteiger partial charge in [0.15, 0.2) is 0 Å². The minimum absolute atomic E-state index is 0.0155. The van der Waals surface area contributed by atoms with E-state index < -0.39 is 0 Å². The van der Waals surface area contributed by atoms with Gasteiger partial charge in [-0.05, 0) is 47.3 Å². The first-order valence-electron chi connectivity index (χ1n) is 6.79. The number of halogens is 1. The van der Waals surface area contributed by atoms with Crippen molar-refractivity contribution in [2.75, 3.05) is 11.9 Å². The average molecular weight is 394 g/mol. The van der Waals surface area contributed by atoms with Crippen LogP contribution in [0.3, 0.4) is 0 Å². The topological polar surface area (TPSA) is 50.4 Å². The van der Waals surface area contributed by atoms with E-state index in [2.05, 4.69) is 33.2 Å². The van der Waals surface area contributed by atoms with Crippen molar-refractivity contribution in [1.82, 2.24) is 5.32 Å². The van der Waals surface area contributed by atoms with E-state index in [-0.39, 0.29) is 11.9 Å². The fourth-order valence-corrected chi connectivity index (χ4v) is 2.86. The number of anilines is 1. The molecule has 3 rings (SSSR count). The Kier molecular flexibility index (Phi) is 4.12. The highest BCUT2D eigenvalue weighted by atomic mass is 127. The first kappa shape index (κ1) is 14.3. The number of carbonyl (C=O) groups excluding carboxylic acids is 1. The summed E-state index contributed by atoms with van der Waals surface area (Å²) in [6.07, 6.45) is 0. The average Bonchev–Trinajstić information content (AvgIpc) is 2.78. The number of likely N-dealkylation sites (N-methyl/N-ethyl adjacent to an activating group) is 1. The fraction of sp³-hybridized carbons (Fsp3) is 0.188. The van der Waals surface area contributed by atoms with Gasteiger partial charge in [-0.15, -0.1) is 0 Å². The Morgan fingerprint density at radius 1 is 1.29 bits per heavy atom. The third-order valence-corrected chi connectivity index (χ3v) is 4.22. The van der Waals surface area contributed by atoms with Gasteiger partial charge in [0.1, 0.15) is 17.5 Å². The van der Waals surface area contributed by atoms with E-state index >= 15 is 0 Å². The van der Waals surface area contributed by atoms with Gasteiger partial charge in [-0.25, -0.2) is 0 Å². The maximum Gasteiger partial charge on any atom is 0.246 e. The lowest BCUT2D eigenvalue weighted by molar-refractivity contribution is -0.117. The molecule has 0 saturated carbocycles. The maximum absolute atomic E-state index is 11.9. The van der Waals surface area contributed by atoms with E-state index in [0.29, 0.717) is 0 Å². The zero-order valence-corrected chi connectivity index (χ0v) is 13.7. The summed E-state index contributed by atoms with van der Waals surface area (Å²) < 4.78 is 6.93. The highest BCUT2D eigenvalue weighted by Gasteiger charge is 2.29. The maximum atomic E-state index is 11.9. The molecule has 0 aromatic heterocycles. The van der Waals surface area contributed by atoms with E-state index in [1.54, 1.807) is 0 Å². The van der Waals surface area contributed by atoms with Crippen molar-refractivity contribution in [3.63, 3.8) is 0 Å². The number of nitrogens with one attached hydrogen (secondary N) is 2. The molecule has 4 nitrogen and oxygen atoms in total. The largest absolute Gasteiger partial charge is 0.456 e. The van der Waals surface area contributed by atoms with Gasteiger partial charge in [0.05, 0.1) is 3.57 Å². The minimum Gasteiger partial charge on any atom is -0.456 e. The Balaban J connectivity index is 1.86. The Morgan fingerprint density at radius 2 is 2.10 bits per heavy atom. The number of ether oxygens (including phenoxy) is 1. The summed E-state index contributed by atoms with van der Waals surface area (Å²) >= 11 is 2.24. The van der Waals surface area contributed by atoms with Crippen LogP contribution in [0.4, 0.5) is 5.69 Å². The lowest BCUT2D eigenvalue weighted by Gasteiger charge is -2.11. The SMILES string of the molecule is CCNC1C(=O)Nc2cc(Oc3ccccc3I)ccc21. The molecular weight excluding hydrogens is 379 g/mol. The van der Waals surface area contributed by atoms with Crippen molar-refractivity contribution in [1.29, 1.82) is 0 Å². The highest BCUT2D eigenvalue weighted by molar-refractivity contribution is 14.1. The molecule has 1 amide bonds. The standard InChI is InChI=1S/C16H15IN2O2/c1-2-18-15-11-8-7-10(9-13(11)19-16(15)20)21-14-6-4-3-5-12(14)17/h3-9,15,18H,2H2,1H3,(H,19,20). The van der Waals surface area contributed by atoms with Gasteiger partial charge >= 0.3 is 0 Å². The van der Waals surface area contributed by atoms with E-state index in [0.717, 1.165) is 32.9 Å². The number of benzene rings is 2. The Labute approximate surface area is 137 Å². The first-order valence-corrected chi connectivity index (χ1v) is 7.87. The molecule has 0 saturated heterocycles. The van der Waals surface area contributed by atoms with E-state index in [1.807, 2.05) is 49.4 Å². The molecule has 1 aliphatic rings. The molecule has 0 aliphatic carbocycles. The second-order valence-electron chi connectivity index (χ2n) is 4.76. The monoisotopic (exact) mass is 394 g/mol. The Bertz CT molecular complexity index is 688. The number of amides is 1. The van der Waals surface area contributed by atoms with Crippen molar-refractivity contribution in [3.05, 3.63) is 51.6 Å². The molecule has 5 heteroatoms. The number of rotatable bonds is 4. The van der Waals surface area contributed by atoms with Gasteiger partial charge in [0, 0.05) is 17.3 Å². The molecule has 108 valence electrons. The molecule has 1 atom stereocenters. The summed E-state index contributed by atoms with van der Waals surface area (Å²) in [5.41, 5.74) is 1.78. The van der Waals surface area contributed by atoms with E-state index in [4.69, 9.17) is 4.74 Å². The smallest absolute Gasteiger partial charge is 0.246 e. The molecule has 1 unspecified atom stereocenters. The molecular formula is C16H15IN2O2. The first-order chi connectivity index (χ1) is 10.2. The summed E-state index contributed by atoms with van der Waals surface area (Å²) in [7, 11) is 0. The third-order valence-electron chi connectivity index (χ3n) is 3.33. The van der Waals surface area contributed by atoms with Gasteiger partial charge in [0.2, 0.25) is 5.91 Å². The quantitative estimate of drug-likeness (QED) is 0.778. The van der Waals surface area contributed by atoms with E-state index in [9.17, 15) is 4.79 Å². The molecule has 0 radical (unpaired) electrons. The van der Waals surface area contributed by atoms with Crippen LogP contribution in [0.1, 0.15) is 18.5 Å². The molecule has 21 heavy (non-hydrogen) atoms. The fourth-order valence-electron chi connectivity index (χ4n) is 2.37. The molecule has 0 fully saturated rings. The van der Waals surface area contributed by atoms with Crippen molar-refractivity contribution in [3.8, 4) is 11.5 Å². The second-order valence-corrected chi connectivity index (χ2v) is 5.92. The number of fused-ring (bicyclic) bond motifs is 1. The zero-order chi connectivity index (χ0) is 14.8. The van der Waals surface area contributed by atoms with Crippen LogP contribution in [-0.2, 0) is 4.79 Å². The van der Waals surface area contributed by atoms with Crippen LogP contribution in [0.25, 0.3) is 0 Å². The van der Waals surface area contributed by atoms with Crippen LogP contribution in [0.15, 0.2) is 42.5 Å². The summed E-state index contributed by atoms with van der Waals surface area (Å²) in [5, 5.41) is 6.06. The molecule has 2 aromatic rings. The number of carbonyl (C=O) groups is 1. The molecule has 2 aromatic carbocycles. The van der Waals surface area contributed by atoms with Crippen molar-refractivity contribution in [2.45, 2.75) is 13.0 Å². The molecule has 0 spiro atoms. The predicted molar refractivity (Wildman–Crippen MR) is 90.7 cm³/mol. The van der Waals surface area contributed by atoms with Gasteiger partial charge < -0.3 is 15.4 Å². The summed E-state index contributed by atoms with van der Waals surface area (Å²) in [5.74, 6) is 1.51. The van der Waals surface area contributed by atoms with Crippen LogP contribution >= 0.6 is 22.6 Å². The highest BCUT2D eigenvalue weighted by Crippen LogP contribution is 2.35. The molecule has 2 N–H and O–H groups in total. The summed E-state index contributed by atoms with van der Waals surface area (Å²) in [4.78, 5) is 11.9. The van der Waals surface area contributed by atoms with Crippen molar-refractivity contribution in [2.24, 2.45) is 0 Å². The van der Waals surface area contributed by atoms with Crippen molar-refractivity contribution >= 4 is 34.2 Å². The van der Waals surface area contributed by atoms with Gasteiger partial charge in [-0.3, -0.25) is 4.79 Å². The van der Waals surface area contributed by atoms with Gasteiger partial charge in [0.25, 0.3) is 0 Å². The van der Waals surface area contributed by atoms with Gasteiger partial charge in [-0.1, -0.05) is 25.1 Å². The third kappa shape index (κ3) is 2.89. The number of para-hydroxylation sites is 1. The number of hydrogen-bond acceptors (Lipinski definition) is 3. The summed E-state index contributed by atoms with van der Waals surface area (Å²) in [6, 6.07) is 13.3. The second kappa shape index (κ2) is 6.03. The minimum atomic E-state index is -0.268. The van der Waals surface area contributed by atoms with Crippen LogP contribution in [-0.4, -0.2) is 12.5 Å². The zero-order valence-electron chi connectivity index (χ0n) is 11.5. The van der Waals surface area contributed by atoms with Crippen LogP contribution in [0.5, 0.6) is 11.5 Å². The van der Waals surface area contributed by atoms with Crippen molar-refractivity contribution < 1.29 is 9.53 Å². The van der Waals surface area contributed by atoms with Crippen LogP contribution in [0, 0.1) is 3.57 Å². The lowest BCUT2D eigenvalue weighted by atomic mass is 10.1. The van der Waals surface area contributed by atoms with Crippen LogP contribution in [0.2, 0.25) is 0 Å². The molecule has 1 heterocycles. The number of hydrogen-bond donors (Lipinski definition) is 2. The Morgan fingerprint density at radius 3 is 2.86 bits per heavy atom. The van der Waals surface area contributed by atoms with Crippen LogP contribution < -0.4 is 15.4 Å². The normalized spacial score (nSPS) is 16.5. The predicted octanol–water partition coefficient (Wildman–Crippen LogP) is 3.69. The summed E-state index contributed by atoms with van der Waals surface area (Å²) in [6.45, 7) is 2.73. The van der Waals surface area contributed by atoms with Gasteiger partial charge in [-0.2, -0.15) is 0 Å². The Hall–Kier alpha value is -1.60. The molecule has 1 aliphatic heterocycles. The molecule has 0 bridgehead atoms. The lowest BCUT2D eigenvalue weighted by Crippen LogP contribution is -2.27. The van der Waals surface area contributed by atoms with E-state index in [1.165, 1.54) is 0 Å².